The first-order chi connectivity index (χ1) is 5.75. The van der Waals surface area contributed by atoms with E-state index < -0.39 is 12.1 Å². The van der Waals surface area contributed by atoms with E-state index in [1.165, 1.54) is 4.90 Å². The van der Waals surface area contributed by atoms with Gasteiger partial charge in [-0.3, -0.25) is 4.90 Å². The highest BCUT2D eigenvalue weighted by molar-refractivity contribution is 5.74. The topological polar surface area (TPSA) is 82.4 Å². The van der Waals surface area contributed by atoms with Crippen molar-refractivity contribution in [1.82, 2.24) is 4.90 Å². The third-order valence-corrected chi connectivity index (χ3v) is 1.65. The van der Waals surface area contributed by atoms with Gasteiger partial charge in [-0.15, -0.1) is 0 Å². The normalized spacial score (nSPS) is 24.7. The van der Waals surface area contributed by atoms with Crippen LogP contribution in [0.15, 0.2) is 5.16 Å². The minimum Gasteiger partial charge on any atom is -0.465 e. The second kappa shape index (κ2) is 3.91. The van der Waals surface area contributed by atoms with Crippen LogP contribution in [0.2, 0.25) is 0 Å². The Morgan fingerprint density at radius 2 is 2.50 bits per heavy atom. The lowest BCUT2D eigenvalue weighted by molar-refractivity contribution is 0.0220. The number of ether oxygens (including phenoxy) is 1. The van der Waals surface area contributed by atoms with Gasteiger partial charge in [-0.05, 0) is 0 Å². The van der Waals surface area contributed by atoms with Gasteiger partial charge in [-0.25, -0.2) is 4.79 Å². The van der Waals surface area contributed by atoms with Crippen molar-refractivity contribution >= 4 is 12.3 Å². The molecule has 0 bridgehead atoms. The number of carboxylic acid groups (broad SMARTS) is 1. The summed E-state index contributed by atoms with van der Waals surface area (Å²) in [4.78, 5) is 11.7. The predicted molar refractivity (Wildman–Crippen MR) is 39.6 cm³/mol. The van der Waals surface area contributed by atoms with Gasteiger partial charge < -0.3 is 15.1 Å². The van der Waals surface area contributed by atoms with Crippen LogP contribution in [0.5, 0.6) is 0 Å². The Bertz CT molecular complexity index is 194. The summed E-state index contributed by atoms with van der Waals surface area (Å²) in [5.74, 6) is 0. The first-order valence-corrected chi connectivity index (χ1v) is 3.50. The van der Waals surface area contributed by atoms with E-state index in [1.807, 2.05) is 0 Å². The molecule has 1 atom stereocenters. The molecule has 0 radical (unpaired) electrons. The summed E-state index contributed by atoms with van der Waals surface area (Å²) < 4.78 is 5.01. The molecule has 68 valence electrons. The van der Waals surface area contributed by atoms with Crippen LogP contribution in [0.3, 0.4) is 0 Å². The highest BCUT2D eigenvalue weighted by Gasteiger charge is 2.25. The van der Waals surface area contributed by atoms with Crippen molar-refractivity contribution in [3.05, 3.63) is 0 Å². The standard InChI is InChI=1S/C6H10N2O4/c9-6(10)8-1-2-12-4-5(8)3-7-11/h3,5,11H,1-2,4H2,(H,9,10). The molecule has 2 N–H and O–H groups in total. The van der Waals surface area contributed by atoms with Gasteiger partial charge in [0.25, 0.3) is 0 Å². The molecule has 0 aliphatic carbocycles. The summed E-state index contributed by atoms with van der Waals surface area (Å²) in [5.41, 5.74) is 0. The Labute approximate surface area is 69.0 Å². The van der Waals surface area contributed by atoms with Crippen molar-refractivity contribution in [1.29, 1.82) is 0 Å². The zero-order valence-electron chi connectivity index (χ0n) is 6.38. The smallest absolute Gasteiger partial charge is 0.408 e. The second-order valence-electron chi connectivity index (χ2n) is 2.38. The first-order valence-electron chi connectivity index (χ1n) is 3.50. The third-order valence-electron chi connectivity index (χ3n) is 1.65. The van der Waals surface area contributed by atoms with Crippen molar-refractivity contribution in [3.63, 3.8) is 0 Å². The zero-order chi connectivity index (χ0) is 8.97. The summed E-state index contributed by atoms with van der Waals surface area (Å²) in [7, 11) is 0. The molecule has 12 heavy (non-hydrogen) atoms. The molecule has 1 rings (SSSR count). The van der Waals surface area contributed by atoms with Gasteiger partial charge in [0.1, 0.15) is 0 Å². The second-order valence-corrected chi connectivity index (χ2v) is 2.38. The van der Waals surface area contributed by atoms with Crippen molar-refractivity contribution < 1.29 is 19.8 Å². The van der Waals surface area contributed by atoms with Crippen molar-refractivity contribution in [2.24, 2.45) is 5.16 Å². The van der Waals surface area contributed by atoms with E-state index in [-0.39, 0.29) is 6.61 Å². The van der Waals surface area contributed by atoms with E-state index in [4.69, 9.17) is 15.1 Å². The Morgan fingerprint density at radius 3 is 3.08 bits per heavy atom. The summed E-state index contributed by atoms with van der Waals surface area (Å²) in [6.07, 6.45) is 0.121. The summed E-state index contributed by atoms with van der Waals surface area (Å²) in [6, 6.07) is -0.471. The Morgan fingerprint density at radius 1 is 1.75 bits per heavy atom. The third kappa shape index (κ3) is 1.85. The first kappa shape index (κ1) is 8.79. The molecule has 1 amide bonds. The molecule has 1 aliphatic rings. The Kier molecular flexibility index (Phi) is 2.87. The zero-order valence-corrected chi connectivity index (χ0v) is 6.38. The number of rotatable bonds is 1. The molecule has 0 saturated carbocycles. The monoisotopic (exact) mass is 174 g/mol. The molecule has 0 spiro atoms. The molecule has 1 saturated heterocycles. The fraction of sp³-hybridized carbons (Fsp3) is 0.667. The van der Waals surface area contributed by atoms with Gasteiger partial charge in [0, 0.05) is 6.54 Å². The molecule has 1 fully saturated rings. The van der Waals surface area contributed by atoms with E-state index >= 15 is 0 Å². The number of hydrogen-bond acceptors (Lipinski definition) is 4. The maximum Gasteiger partial charge on any atom is 0.408 e. The molecular weight excluding hydrogens is 164 g/mol. The molecule has 6 heteroatoms. The van der Waals surface area contributed by atoms with Gasteiger partial charge in [0.2, 0.25) is 0 Å². The Balaban J connectivity index is 2.60. The minimum atomic E-state index is -1.02. The quantitative estimate of drug-likeness (QED) is 0.328. The van der Waals surface area contributed by atoms with Gasteiger partial charge in [0.05, 0.1) is 25.5 Å². The SMILES string of the molecule is O=C(O)N1CCOCC1C=NO. The van der Waals surface area contributed by atoms with Gasteiger partial charge in [-0.1, -0.05) is 5.16 Å². The lowest BCUT2D eigenvalue weighted by Crippen LogP contribution is -2.48. The molecule has 1 unspecified atom stereocenters. The van der Waals surface area contributed by atoms with Gasteiger partial charge in [0.15, 0.2) is 0 Å². The van der Waals surface area contributed by atoms with Crippen molar-refractivity contribution in [3.8, 4) is 0 Å². The van der Waals surface area contributed by atoms with E-state index in [9.17, 15) is 4.79 Å². The van der Waals surface area contributed by atoms with Gasteiger partial charge >= 0.3 is 6.09 Å². The average molecular weight is 174 g/mol. The van der Waals surface area contributed by atoms with E-state index in [0.717, 1.165) is 6.21 Å². The molecular formula is C6H10N2O4. The number of hydrogen-bond donors (Lipinski definition) is 2. The highest BCUT2D eigenvalue weighted by atomic mass is 16.5. The van der Waals surface area contributed by atoms with E-state index in [0.29, 0.717) is 13.2 Å². The fourth-order valence-corrected chi connectivity index (χ4v) is 1.06. The molecule has 1 aliphatic heterocycles. The van der Waals surface area contributed by atoms with Crippen LogP contribution < -0.4 is 0 Å². The molecule has 0 aromatic rings. The summed E-state index contributed by atoms with van der Waals surface area (Å²) in [6.45, 7) is 0.949. The Hall–Kier alpha value is -1.30. The van der Waals surface area contributed by atoms with Crippen LogP contribution in [0.4, 0.5) is 4.79 Å². The van der Waals surface area contributed by atoms with E-state index in [1.54, 1.807) is 0 Å². The van der Waals surface area contributed by atoms with E-state index in [2.05, 4.69) is 5.16 Å². The lowest BCUT2D eigenvalue weighted by Gasteiger charge is -2.30. The lowest BCUT2D eigenvalue weighted by atomic mass is 10.2. The summed E-state index contributed by atoms with van der Waals surface area (Å²) >= 11 is 0. The molecule has 0 aromatic heterocycles. The number of amides is 1. The predicted octanol–water partition coefficient (Wildman–Crippen LogP) is -0.175. The highest BCUT2D eigenvalue weighted by Crippen LogP contribution is 2.04. The largest absolute Gasteiger partial charge is 0.465 e. The van der Waals surface area contributed by atoms with Crippen LogP contribution in [0.25, 0.3) is 0 Å². The van der Waals surface area contributed by atoms with Gasteiger partial charge in [-0.2, -0.15) is 0 Å². The summed E-state index contributed by atoms with van der Waals surface area (Å²) in [5, 5.41) is 19.7. The maximum atomic E-state index is 10.6. The molecule has 1 heterocycles. The number of morpholine rings is 1. The van der Waals surface area contributed by atoms with Crippen LogP contribution in [-0.2, 0) is 4.74 Å². The molecule has 6 nitrogen and oxygen atoms in total. The van der Waals surface area contributed by atoms with Crippen molar-refractivity contribution in [2.75, 3.05) is 19.8 Å². The van der Waals surface area contributed by atoms with Crippen LogP contribution in [-0.4, -0.2) is 53.3 Å². The fourth-order valence-electron chi connectivity index (χ4n) is 1.06. The number of carbonyl (C=O) groups is 1. The average Bonchev–Trinajstić information content (AvgIpc) is 2.05. The number of oxime groups is 1. The minimum absolute atomic E-state index is 0.246. The number of nitrogens with zero attached hydrogens (tertiary/aromatic N) is 2. The van der Waals surface area contributed by atoms with Crippen molar-refractivity contribution in [2.45, 2.75) is 6.04 Å². The maximum absolute atomic E-state index is 10.6. The molecule has 0 aromatic carbocycles. The van der Waals surface area contributed by atoms with Crippen LogP contribution in [0, 0.1) is 0 Å². The van der Waals surface area contributed by atoms with Crippen LogP contribution in [0.1, 0.15) is 0 Å². The van der Waals surface area contributed by atoms with Crippen LogP contribution >= 0.6 is 0 Å².